The van der Waals surface area contributed by atoms with Gasteiger partial charge in [-0.15, -0.1) is 0 Å². The summed E-state index contributed by atoms with van der Waals surface area (Å²) in [6.07, 6.45) is 3.16. The summed E-state index contributed by atoms with van der Waals surface area (Å²) in [7, 11) is 0. The number of alkyl carbamates (subject to hydrolysis) is 3. The zero-order valence-corrected chi connectivity index (χ0v) is 39.5. The Morgan fingerprint density at radius 1 is 0.484 bits per heavy atom. The van der Waals surface area contributed by atoms with Gasteiger partial charge in [0.25, 0.3) is 0 Å². The summed E-state index contributed by atoms with van der Waals surface area (Å²) in [5.41, 5.74) is -1.80. The lowest BCUT2D eigenvalue weighted by Crippen LogP contribution is -2.45. The number of rotatable bonds is 20. The number of amides is 3. The third-order valence-corrected chi connectivity index (χ3v) is 11.7. The molecule has 3 rings (SSSR count). The molecule has 0 atom stereocenters. The van der Waals surface area contributed by atoms with Crippen molar-refractivity contribution >= 4 is 36.5 Å². The number of aliphatic imine (C=N–C) groups is 3. The molecule has 0 unspecified atom stereocenters. The monoisotopic (exact) mass is 880 g/mol. The standard InChI is InChI=1S/C49H64N6O9/c1-14-49(29-63-41(60)54-47(10,11)38-22-16-19-35(27-38)44(4,5)51-32-57,30-64-42(61)55-48(12,13)39-23-17-20-36(28-39)45(6,7)52-33-58)24-25-62-40(59)53-46(8,9)37-21-15-18-34(26-37)43(2,3)50-31-56/h15-23,26-28H,14,24-25,29-30H2,1-13H3,(H,53,59)(H,54,60)(H,55,61). The van der Waals surface area contributed by atoms with Gasteiger partial charge in [-0.25, -0.2) is 28.8 Å². The number of isocyanates is 3. The molecule has 3 N–H and O–H groups in total. The van der Waals surface area contributed by atoms with Gasteiger partial charge in [0.1, 0.15) is 13.2 Å². The maximum absolute atomic E-state index is 13.5. The van der Waals surface area contributed by atoms with E-state index < -0.39 is 56.9 Å². The molecule has 0 radical (unpaired) electrons. The highest BCUT2D eigenvalue weighted by Crippen LogP contribution is 2.33. The highest BCUT2D eigenvalue weighted by atomic mass is 16.6. The molecule has 3 amide bonds. The molecule has 0 saturated carbocycles. The van der Waals surface area contributed by atoms with E-state index >= 15 is 0 Å². The van der Waals surface area contributed by atoms with E-state index in [-0.39, 0.29) is 26.2 Å². The maximum Gasteiger partial charge on any atom is 0.407 e. The van der Waals surface area contributed by atoms with Crippen molar-refractivity contribution in [1.29, 1.82) is 0 Å². The fraction of sp³-hybridized carbons (Fsp3) is 0.510. The van der Waals surface area contributed by atoms with E-state index in [0.717, 1.165) is 33.4 Å². The zero-order chi connectivity index (χ0) is 48.2. The molecule has 0 fully saturated rings. The van der Waals surface area contributed by atoms with Gasteiger partial charge in [0.15, 0.2) is 0 Å². The minimum atomic E-state index is -1.01. The van der Waals surface area contributed by atoms with Gasteiger partial charge in [-0.3, -0.25) is 0 Å². The lowest BCUT2D eigenvalue weighted by molar-refractivity contribution is 0.00230. The van der Waals surface area contributed by atoms with Gasteiger partial charge in [0.05, 0.1) is 39.8 Å². The van der Waals surface area contributed by atoms with E-state index in [4.69, 9.17) is 14.2 Å². The molecular weight excluding hydrogens is 817 g/mol. The van der Waals surface area contributed by atoms with Crippen molar-refractivity contribution in [2.24, 2.45) is 20.4 Å². The summed E-state index contributed by atoms with van der Waals surface area (Å²) in [4.78, 5) is 85.3. The predicted octanol–water partition coefficient (Wildman–Crippen LogP) is 9.47. The van der Waals surface area contributed by atoms with E-state index in [1.165, 1.54) is 0 Å². The van der Waals surface area contributed by atoms with Gasteiger partial charge in [0, 0.05) is 5.41 Å². The molecule has 0 aromatic heterocycles. The average Bonchev–Trinajstić information content (AvgIpc) is 3.21. The number of carbonyl (C=O) groups excluding carboxylic acids is 6. The van der Waals surface area contributed by atoms with E-state index in [0.29, 0.717) is 6.42 Å². The first-order chi connectivity index (χ1) is 29.7. The maximum atomic E-state index is 13.5. The molecule has 0 spiro atoms. The van der Waals surface area contributed by atoms with E-state index in [1.807, 2.05) is 121 Å². The smallest absolute Gasteiger partial charge is 0.407 e. The summed E-state index contributed by atoms with van der Waals surface area (Å²) < 4.78 is 17.4. The van der Waals surface area contributed by atoms with Crippen molar-refractivity contribution in [3.63, 3.8) is 0 Å². The molecule has 0 aliphatic rings. The van der Waals surface area contributed by atoms with Crippen LogP contribution in [0.1, 0.15) is 136 Å². The van der Waals surface area contributed by atoms with Crippen LogP contribution < -0.4 is 16.0 Å². The van der Waals surface area contributed by atoms with Crippen LogP contribution >= 0.6 is 0 Å². The Kier molecular flexibility index (Phi) is 16.9. The first-order valence-electron chi connectivity index (χ1n) is 21.1. The number of nitrogens with zero attached hydrogens (tertiary/aromatic N) is 3. The Balaban J connectivity index is 1.82. The van der Waals surface area contributed by atoms with Crippen LogP contribution in [0.15, 0.2) is 87.8 Å². The average molecular weight is 881 g/mol. The summed E-state index contributed by atoms with van der Waals surface area (Å²) in [6, 6.07) is 22.0. The molecule has 15 nitrogen and oxygen atoms in total. The lowest BCUT2D eigenvalue weighted by atomic mass is 9.83. The Labute approximate surface area is 377 Å². The van der Waals surface area contributed by atoms with Crippen LogP contribution in [0.2, 0.25) is 0 Å². The van der Waals surface area contributed by atoms with Gasteiger partial charge in [-0.2, -0.15) is 15.0 Å². The Hall–Kier alpha value is -6.39. The van der Waals surface area contributed by atoms with Crippen molar-refractivity contribution < 1.29 is 43.0 Å². The van der Waals surface area contributed by atoms with Crippen LogP contribution in [-0.2, 0) is 61.8 Å². The Morgan fingerprint density at radius 3 is 1.05 bits per heavy atom. The molecule has 0 bridgehead atoms. The molecule has 0 aliphatic heterocycles. The molecule has 15 heteroatoms. The number of hydrogen-bond acceptors (Lipinski definition) is 12. The van der Waals surface area contributed by atoms with Crippen LogP contribution in [0.25, 0.3) is 0 Å². The van der Waals surface area contributed by atoms with Crippen molar-refractivity contribution in [2.75, 3.05) is 19.8 Å². The van der Waals surface area contributed by atoms with E-state index in [9.17, 15) is 28.8 Å². The molecule has 0 aliphatic carbocycles. The van der Waals surface area contributed by atoms with Crippen LogP contribution in [0, 0.1) is 5.41 Å². The highest BCUT2D eigenvalue weighted by molar-refractivity contribution is 5.70. The Morgan fingerprint density at radius 2 is 0.766 bits per heavy atom. The van der Waals surface area contributed by atoms with Crippen LogP contribution in [-0.4, -0.2) is 56.3 Å². The number of benzene rings is 3. The normalized spacial score (nSPS) is 13.1. The second-order valence-corrected chi connectivity index (χ2v) is 19.2. The summed E-state index contributed by atoms with van der Waals surface area (Å²) in [6.45, 7) is 22.9. The van der Waals surface area contributed by atoms with Crippen molar-refractivity contribution in [3.05, 3.63) is 106 Å². The number of carbonyl (C=O) groups is 3. The zero-order valence-electron chi connectivity index (χ0n) is 39.5. The first kappa shape index (κ1) is 52.0. The van der Waals surface area contributed by atoms with E-state index in [2.05, 4.69) is 30.9 Å². The molecule has 0 saturated heterocycles. The van der Waals surface area contributed by atoms with Gasteiger partial charge in [-0.1, -0.05) is 79.7 Å². The van der Waals surface area contributed by atoms with Gasteiger partial charge in [-0.05, 0) is 129 Å². The van der Waals surface area contributed by atoms with E-state index in [1.54, 1.807) is 59.8 Å². The first-order valence-corrected chi connectivity index (χ1v) is 21.1. The fourth-order valence-electron chi connectivity index (χ4n) is 6.86. The number of hydrogen-bond donors (Lipinski definition) is 3. The Bertz CT molecular complexity index is 2190. The van der Waals surface area contributed by atoms with Crippen LogP contribution in [0.4, 0.5) is 14.4 Å². The lowest BCUT2D eigenvalue weighted by Gasteiger charge is -2.34. The summed E-state index contributed by atoms with van der Waals surface area (Å²) in [5, 5.41) is 8.73. The molecular formula is C49H64N6O9. The topological polar surface area (TPSA) is 203 Å². The van der Waals surface area contributed by atoms with Crippen LogP contribution in [0.3, 0.4) is 0 Å². The minimum absolute atomic E-state index is 0.123. The van der Waals surface area contributed by atoms with Gasteiger partial charge < -0.3 is 30.2 Å². The second-order valence-electron chi connectivity index (χ2n) is 19.2. The summed E-state index contributed by atoms with van der Waals surface area (Å²) in [5.74, 6) is 0. The van der Waals surface area contributed by atoms with Crippen LogP contribution in [0.5, 0.6) is 0 Å². The third-order valence-electron chi connectivity index (χ3n) is 11.7. The summed E-state index contributed by atoms with van der Waals surface area (Å²) >= 11 is 0. The molecule has 344 valence electrons. The van der Waals surface area contributed by atoms with Crippen molar-refractivity contribution in [3.8, 4) is 0 Å². The second kappa shape index (κ2) is 20.9. The molecule has 0 heterocycles. The van der Waals surface area contributed by atoms with Gasteiger partial charge >= 0.3 is 18.3 Å². The number of nitrogens with one attached hydrogen (secondary N) is 3. The SMILES string of the molecule is CCC(CCOC(=O)NC(C)(C)c1cccc(C(C)(C)N=C=O)c1)(COC(=O)NC(C)(C)c1cccc(C(C)(C)N=C=O)c1)COC(=O)NC(C)(C)c1cccc(C(C)(C)N=C=O)c1. The van der Waals surface area contributed by atoms with Gasteiger partial charge in [0.2, 0.25) is 18.2 Å². The predicted molar refractivity (Wildman–Crippen MR) is 243 cm³/mol. The highest BCUT2D eigenvalue weighted by Gasteiger charge is 2.36. The third kappa shape index (κ3) is 14.1. The molecule has 64 heavy (non-hydrogen) atoms. The number of ether oxygens (including phenoxy) is 3. The van der Waals surface area contributed by atoms with Crippen molar-refractivity contribution in [1.82, 2.24) is 16.0 Å². The fourth-order valence-corrected chi connectivity index (χ4v) is 6.86. The minimum Gasteiger partial charge on any atom is -0.450 e. The molecule has 3 aromatic carbocycles. The molecule has 3 aromatic rings. The largest absolute Gasteiger partial charge is 0.450 e. The van der Waals surface area contributed by atoms with Crippen molar-refractivity contribution in [2.45, 2.75) is 136 Å². The quantitative estimate of drug-likeness (QED) is 0.0561.